The first kappa shape index (κ1) is 14.0. The third kappa shape index (κ3) is 4.84. The lowest BCUT2D eigenvalue weighted by Crippen LogP contribution is -2.53. The smallest absolute Gasteiger partial charge is 0.0198 e. The van der Waals surface area contributed by atoms with E-state index in [4.69, 9.17) is 0 Å². The Hall–Kier alpha value is -0.0800. The summed E-state index contributed by atoms with van der Waals surface area (Å²) in [5.74, 6) is 1.62. The highest BCUT2D eigenvalue weighted by Crippen LogP contribution is 2.15. The van der Waals surface area contributed by atoms with Crippen LogP contribution in [0.2, 0.25) is 0 Å². The minimum Gasteiger partial charge on any atom is -0.311 e. The van der Waals surface area contributed by atoms with Crippen molar-refractivity contribution in [3.63, 3.8) is 0 Å². The molecule has 0 bridgehead atoms. The maximum Gasteiger partial charge on any atom is 0.0198 e. The molecule has 1 fully saturated rings. The summed E-state index contributed by atoms with van der Waals surface area (Å²) >= 11 is 0. The molecular weight excluding hydrogens is 196 g/mol. The van der Waals surface area contributed by atoms with E-state index in [1.807, 2.05) is 0 Å². The van der Waals surface area contributed by atoms with Crippen molar-refractivity contribution in [3.05, 3.63) is 0 Å². The second kappa shape index (κ2) is 6.61. The summed E-state index contributed by atoms with van der Waals surface area (Å²) in [7, 11) is 0. The van der Waals surface area contributed by atoms with Gasteiger partial charge in [-0.3, -0.25) is 4.90 Å². The Morgan fingerprint density at radius 1 is 1.12 bits per heavy atom. The number of rotatable bonds is 5. The van der Waals surface area contributed by atoms with Gasteiger partial charge in [-0.2, -0.15) is 0 Å². The van der Waals surface area contributed by atoms with Gasteiger partial charge in [-0.1, -0.05) is 27.7 Å². The van der Waals surface area contributed by atoms with Crippen LogP contribution >= 0.6 is 0 Å². The second-order valence-electron chi connectivity index (χ2n) is 6.25. The van der Waals surface area contributed by atoms with Crippen LogP contribution in [-0.4, -0.2) is 36.6 Å². The molecule has 0 aromatic carbocycles. The molecule has 0 saturated carbocycles. The fourth-order valence-corrected chi connectivity index (χ4v) is 2.81. The highest BCUT2D eigenvalue weighted by atomic mass is 15.2. The summed E-state index contributed by atoms with van der Waals surface area (Å²) in [6.07, 6.45) is 2.64. The molecule has 0 aromatic heterocycles. The molecule has 0 radical (unpaired) electrons. The van der Waals surface area contributed by atoms with E-state index in [0.29, 0.717) is 6.04 Å². The number of hydrogen-bond donors (Lipinski definition) is 1. The predicted octanol–water partition coefficient (Wildman–Crippen LogP) is 2.74. The normalized spacial score (nSPS) is 25.3. The maximum atomic E-state index is 3.65. The van der Waals surface area contributed by atoms with Gasteiger partial charge in [-0.15, -0.1) is 0 Å². The first-order valence-corrected chi connectivity index (χ1v) is 6.96. The summed E-state index contributed by atoms with van der Waals surface area (Å²) in [6.45, 7) is 15.3. The van der Waals surface area contributed by atoms with Crippen LogP contribution in [0.3, 0.4) is 0 Å². The molecule has 1 N–H and O–H groups in total. The van der Waals surface area contributed by atoms with E-state index in [2.05, 4.69) is 44.8 Å². The molecule has 96 valence electrons. The fourth-order valence-electron chi connectivity index (χ4n) is 2.81. The van der Waals surface area contributed by atoms with Gasteiger partial charge in [0.25, 0.3) is 0 Å². The second-order valence-corrected chi connectivity index (χ2v) is 6.25. The Morgan fingerprint density at radius 3 is 2.38 bits per heavy atom. The third-order valence-corrected chi connectivity index (χ3v) is 3.48. The van der Waals surface area contributed by atoms with E-state index in [0.717, 1.165) is 17.9 Å². The van der Waals surface area contributed by atoms with Crippen molar-refractivity contribution in [1.29, 1.82) is 0 Å². The molecule has 1 heterocycles. The zero-order valence-corrected chi connectivity index (χ0v) is 11.8. The monoisotopic (exact) mass is 226 g/mol. The molecule has 1 aliphatic heterocycles. The van der Waals surface area contributed by atoms with Gasteiger partial charge in [0, 0.05) is 31.7 Å². The topological polar surface area (TPSA) is 15.3 Å². The molecule has 2 heteroatoms. The number of piperazine rings is 1. The standard InChI is InChI=1S/C14H30N2/c1-11(2)8-13(5)16-7-6-15-14(10-16)9-12(3)4/h11-15H,6-10H2,1-5H3. The third-order valence-electron chi connectivity index (χ3n) is 3.48. The summed E-state index contributed by atoms with van der Waals surface area (Å²) < 4.78 is 0. The first-order valence-electron chi connectivity index (χ1n) is 6.96. The van der Waals surface area contributed by atoms with Crippen molar-refractivity contribution >= 4 is 0 Å². The van der Waals surface area contributed by atoms with Gasteiger partial charge in [0.15, 0.2) is 0 Å². The minimum atomic E-state index is 0.711. The Morgan fingerprint density at radius 2 is 1.81 bits per heavy atom. The molecule has 0 amide bonds. The number of hydrogen-bond acceptors (Lipinski definition) is 2. The molecule has 1 aliphatic rings. The van der Waals surface area contributed by atoms with Crippen LogP contribution in [0, 0.1) is 11.8 Å². The van der Waals surface area contributed by atoms with Crippen LogP contribution in [0.5, 0.6) is 0 Å². The zero-order valence-electron chi connectivity index (χ0n) is 11.8. The van der Waals surface area contributed by atoms with Gasteiger partial charge < -0.3 is 5.32 Å². The molecule has 1 rings (SSSR count). The van der Waals surface area contributed by atoms with Crippen LogP contribution < -0.4 is 5.32 Å². The average molecular weight is 226 g/mol. The van der Waals surface area contributed by atoms with Crippen molar-refractivity contribution in [3.8, 4) is 0 Å². The van der Waals surface area contributed by atoms with Crippen molar-refractivity contribution < 1.29 is 0 Å². The molecule has 16 heavy (non-hydrogen) atoms. The Balaban J connectivity index is 2.37. The van der Waals surface area contributed by atoms with Gasteiger partial charge in [-0.25, -0.2) is 0 Å². The highest BCUT2D eigenvalue weighted by molar-refractivity contribution is 4.82. The van der Waals surface area contributed by atoms with E-state index in [1.165, 1.54) is 32.5 Å². The molecule has 1 saturated heterocycles. The van der Waals surface area contributed by atoms with Crippen molar-refractivity contribution in [1.82, 2.24) is 10.2 Å². The molecular formula is C14H30N2. The van der Waals surface area contributed by atoms with E-state index in [9.17, 15) is 0 Å². The largest absolute Gasteiger partial charge is 0.311 e. The summed E-state index contributed by atoms with van der Waals surface area (Å²) in [5.41, 5.74) is 0. The van der Waals surface area contributed by atoms with Crippen LogP contribution in [0.15, 0.2) is 0 Å². The SMILES string of the molecule is CC(C)CC1CN(C(C)CC(C)C)CCN1. The van der Waals surface area contributed by atoms with Crippen LogP contribution in [-0.2, 0) is 0 Å². The molecule has 2 nitrogen and oxygen atoms in total. The Bertz CT molecular complexity index is 181. The van der Waals surface area contributed by atoms with Gasteiger partial charge >= 0.3 is 0 Å². The average Bonchev–Trinajstić information content (AvgIpc) is 2.16. The van der Waals surface area contributed by atoms with Crippen molar-refractivity contribution in [2.45, 2.75) is 59.5 Å². The summed E-state index contributed by atoms with van der Waals surface area (Å²) in [5, 5.41) is 3.65. The quantitative estimate of drug-likeness (QED) is 0.775. The zero-order chi connectivity index (χ0) is 12.1. The molecule has 0 spiro atoms. The summed E-state index contributed by atoms with van der Waals surface area (Å²) in [6, 6.07) is 1.46. The predicted molar refractivity (Wildman–Crippen MR) is 71.7 cm³/mol. The Kier molecular flexibility index (Phi) is 5.77. The Labute approximate surface area is 102 Å². The highest BCUT2D eigenvalue weighted by Gasteiger charge is 2.23. The lowest BCUT2D eigenvalue weighted by atomic mass is 9.99. The molecule has 0 aromatic rings. The van der Waals surface area contributed by atoms with E-state index >= 15 is 0 Å². The number of nitrogens with zero attached hydrogens (tertiary/aromatic N) is 1. The van der Waals surface area contributed by atoms with Gasteiger partial charge in [-0.05, 0) is 31.6 Å². The summed E-state index contributed by atoms with van der Waals surface area (Å²) in [4.78, 5) is 2.67. The van der Waals surface area contributed by atoms with Gasteiger partial charge in [0.05, 0.1) is 0 Å². The van der Waals surface area contributed by atoms with Crippen molar-refractivity contribution in [2.24, 2.45) is 11.8 Å². The first-order chi connectivity index (χ1) is 7.49. The molecule has 2 atom stereocenters. The van der Waals surface area contributed by atoms with Gasteiger partial charge in [0.2, 0.25) is 0 Å². The lowest BCUT2D eigenvalue weighted by Gasteiger charge is -2.38. The van der Waals surface area contributed by atoms with Crippen molar-refractivity contribution in [2.75, 3.05) is 19.6 Å². The maximum absolute atomic E-state index is 3.65. The lowest BCUT2D eigenvalue weighted by molar-refractivity contribution is 0.130. The van der Waals surface area contributed by atoms with Crippen LogP contribution in [0.1, 0.15) is 47.5 Å². The van der Waals surface area contributed by atoms with Gasteiger partial charge in [0.1, 0.15) is 0 Å². The minimum absolute atomic E-state index is 0.711. The van der Waals surface area contributed by atoms with Crippen LogP contribution in [0.25, 0.3) is 0 Å². The van der Waals surface area contributed by atoms with E-state index < -0.39 is 0 Å². The molecule has 2 unspecified atom stereocenters. The fraction of sp³-hybridized carbons (Fsp3) is 1.00. The van der Waals surface area contributed by atoms with Crippen LogP contribution in [0.4, 0.5) is 0 Å². The van der Waals surface area contributed by atoms with E-state index in [-0.39, 0.29) is 0 Å². The van der Waals surface area contributed by atoms with E-state index in [1.54, 1.807) is 0 Å². The molecule has 0 aliphatic carbocycles. The number of nitrogens with one attached hydrogen (secondary N) is 1.